The van der Waals surface area contributed by atoms with Gasteiger partial charge in [0.15, 0.2) is 0 Å². The van der Waals surface area contributed by atoms with Crippen molar-refractivity contribution >= 4 is 84.6 Å². The summed E-state index contributed by atoms with van der Waals surface area (Å²) in [6.07, 6.45) is 0. The van der Waals surface area contributed by atoms with E-state index in [9.17, 15) is 0 Å². The van der Waals surface area contributed by atoms with Crippen LogP contribution in [-0.4, -0.2) is 84.6 Å². The van der Waals surface area contributed by atoms with Crippen molar-refractivity contribution in [2.45, 2.75) is 174 Å². The molecule has 0 fully saturated rings. The van der Waals surface area contributed by atoms with Crippen LogP contribution in [0.4, 0.5) is 0 Å². The van der Waals surface area contributed by atoms with Gasteiger partial charge in [0.25, 0.3) is 0 Å². The van der Waals surface area contributed by atoms with Gasteiger partial charge in [-0.05, 0) is 0 Å². The molecule has 0 aliphatic heterocycles. The first-order valence-electron chi connectivity index (χ1n) is 12.8. The molecule has 0 aliphatic carbocycles. The standard InChI is InChI=1S/7C4H9.CH3.4Sn/c7*1-4(2)3;;;;;/h7*1-3H3;1H3;;;;. The van der Waals surface area contributed by atoms with E-state index in [1.165, 1.54) is 0 Å². The van der Waals surface area contributed by atoms with Crippen LogP contribution in [0, 0.1) is 0 Å². The molecule has 0 nitrogen and oxygen atoms in total. The van der Waals surface area contributed by atoms with Crippen molar-refractivity contribution in [3.05, 3.63) is 0 Å². The first-order valence-corrected chi connectivity index (χ1v) is 25.6. The van der Waals surface area contributed by atoms with Crippen LogP contribution in [0.25, 0.3) is 0 Å². The van der Waals surface area contributed by atoms with E-state index >= 15 is 0 Å². The third-order valence-electron chi connectivity index (χ3n) is 3.00. The molecule has 0 saturated carbocycles. The molecule has 33 heavy (non-hydrogen) atoms. The molecule has 0 unspecified atom stereocenters. The zero-order valence-electron chi connectivity index (χ0n) is 27.5. The van der Waals surface area contributed by atoms with Gasteiger partial charge in [-0.3, -0.25) is 0 Å². The molecule has 0 aromatic carbocycles. The Labute approximate surface area is 255 Å². The molecule has 198 valence electrons. The van der Waals surface area contributed by atoms with E-state index in [-0.39, 0.29) is 84.6 Å². The summed E-state index contributed by atoms with van der Waals surface area (Å²) in [5.41, 5.74) is 0. The maximum atomic E-state index is 2.38. The Morgan fingerprint density at radius 3 is 0.333 bits per heavy atom. The van der Waals surface area contributed by atoms with E-state index in [1.807, 2.05) is 0 Å². The van der Waals surface area contributed by atoms with Crippen LogP contribution >= 0.6 is 0 Å². The second-order valence-electron chi connectivity index (χ2n) is 16.4. The van der Waals surface area contributed by atoms with Gasteiger partial charge in [0.1, 0.15) is 0 Å². The van der Waals surface area contributed by atoms with E-state index in [1.54, 1.807) is 0 Å². The first-order chi connectivity index (χ1) is 13.7. The molecule has 0 amide bonds. The quantitative estimate of drug-likeness (QED) is 0.213. The fourth-order valence-electron chi connectivity index (χ4n) is 3.38. The maximum absolute atomic E-state index is 2.38. The van der Waals surface area contributed by atoms with Crippen molar-refractivity contribution in [3.8, 4) is 0 Å². The summed E-state index contributed by atoms with van der Waals surface area (Å²) in [5, 5.41) is 0. The van der Waals surface area contributed by atoms with E-state index in [4.69, 9.17) is 0 Å². The molecule has 0 N–H and O–H groups in total. The molecule has 0 spiro atoms. The third-order valence-corrected chi connectivity index (χ3v) is 20.1. The summed E-state index contributed by atoms with van der Waals surface area (Å²) in [5.74, 6) is 0. The van der Waals surface area contributed by atoms with Crippen molar-refractivity contribution in [2.24, 2.45) is 0 Å². The normalized spacial score (nSPS) is 13.6. The molecule has 0 aromatic heterocycles. The molecule has 0 heterocycles. The first kappa shape index (κ1) is 43.3. The molecule has 0 aliphatic rings. The van der Waals surface area contributed by atoms with Gasteiger partial charge in [0.05, 0.1) is 0 Å². The van der Waals surface area contributed by atoms with Crippen molar-refractivity contribution in [3.63, 3.8) is 0 Å². The predicted molar refractivity (Wildman–Crippen MR) is 167 cm³/mol. The van der Waals surface area contributed by atoms with E-state index in [0.717, 1.165) is 0 Å². The summed E-state index contributed by atoms with van der Waals surface area (Å²) >= 11 is -0.521. The van der Waals surface area contributed by atoms with Crippen molar-refractivity contribution in [1.29, 1.82) is 0 Å². The minimum absolute atomic E-state index is 0.0242. The van der Waals surface area contributed by atoms with Gasteiger partial charge in [0.2, 0.25) is 0 Å². The molecule has 0 saturated heterocycles. The van der Waals surface area contributed by atoms with Gasteiger partial charge in [-0.2, -0.15) is 0 Å². The summed E-state index contributed by atoms with van der Waals surface area (Å²) in [6, 6.07) is 0. The Kier molecular flexibility index (Phi) is 22.3. The summed E-state index contributed by atoms with van der Waals surface area (Å²) < 4.78 is 4.64. The van der Waals surface area contributed by atoms with E-state index in [0.29, 0.717) is 24.0 Å². The average molecular weight is 890 g/mol. The fourth-order valence-corrected chi connectivity index (χ4v) is 22.6. The Balaban J connectivity index is -0.000000172. The van der Waals surface area contributed by atoms with Crippen LogP contribution < -0.4 is 0 Å². The average Bonchev–Trinajstić information content (AvgIpc) is 2.25. The summed E-state index contributed by atoms with van der Waals surface area (Å²) in [6.45, 7) is 49.5. The van der Waals surface area contributed by atoms with Crippen molar-refractivity contribution < 1.29 is 0 Å². The van der Waals surface area contributed by atoms with E-state index < -0.39 is 0 Å². The van der Waals surface area contributed by atoms with Gasteiger partial charge in [-0.25, -0.2) is 0 Å². The zero-order valence-corrected chi connectivity index (χ0v) is 38.9. The van der Waals surface area contributed by atoms with Crippen molar-refractivity contribution in [2.75, 3.05) is 0 Å². The predicted octanol–water partition coefficient (Wildman–Crippen LogP) is 11.3. The molecule has 0 rings (SSSR count). The summed E-state index contributed by atoms with van der Waals surface area (Å²) in [4.78, 5) is 2.38. The Hall–Kier alpha value is 3.19. The van der Waals surface area contributed by atoms with Crippen LogP contribution in [-0.2, 0) is 0 Å². The second kappa shape index (κ2) is 17.0. The minimum atomic E-state index is -0.182. The fraction of sp³-hybridized carbons (Fsp3) is 1.00. The Bertz CT molecular complexity index is 361. The third kappa shape index (κ3) is 66.2. The number of rotatable bonds is 0. The SMILES string of the molecule is C[C](C)(C)[Sn][C](C)(C)C.C[C](C)(C)[Sn][C](C)(C)C.C[C](C)(C)[Sn][C](C)(C)C.[CH3][Sn][C](C)(C)C. The Morgan fingerprint density at radius 1 is 0.242 bits per heavy atom. The number of hydrogen-bond acceptors (Lipinski definition) is 0. The monoisotopic (exact) mass is 894 g/mol. The number of hydrogen-bond donors (Lipinski definition) is 0. The van der Waals surface area contributed by atoms with Crippen LogP contribution in [0.2, 0.25) is 29.0 Å². The van der Waals surface area contributed by atoms with Gasteiger partial charge < -0.3 is 0 Å². The molecule has 4 heteroatoms. The zero-order chi connectivity index (χ0) is 28.3. The van der Waals surface area contributed by atoms with Crippen LogP contribution in [0.1, 0.15) is 145 Å². The van der Waals surface area contributed by atoms with Gasteiger partial charge in [-0.15, -0.1) is 0 Å². The summed E-state index contributed by atoms with van der Waals surface area (Å²) in [7, 11) is 0. The Morgan fingerprint density at radius 2 is 0.333 bits per heavy atom. The molecular weight excluding hydrogens is 823 g/mol. The van der Waals surface area contributed by atoms with Gasteiger partial charge in [-0.1, -0.05) is 0 Å². The van der Waals surface area contributed by atoms with Crippen LogP contribution in [0.3, 0.4) is 0 Å². The van der Waals surface area contributed by atoms with E-state index in [2.05, 4.69) is 150 Å². The van der Waals surface area contributed by atoms with Gasteiger partial charge in [0, 0.05) is 0 Å². The second-order valence-corrected chi connectivity index (χ2v) is 49.9. The van der Waals surface area contributed by atoms with Crippen molar-refractivity contribution in [1.82, 2.24) is 0 Å². The molecular formula is C29H66Sn4. The molecule has 0 bridgehead atoms. The van der Waals surface area contributed by atoms with Crippen LogP contribution in [0.15, 0.2) is 0 Å². The molecule has 0 atom stereocenters. The molecule has 0 aromatic rings. The molecule has 8 radical (unpaired) electrons. The van der Waals surface area contributed by atoms with Gasteiger partial charge >= 0.3 is 259 Å². The topological polar surface area (TPSA) is 0 Å². The van der Waals surface area contributed by atoms with Crippen LogP contribution in [0.5, 0.6) is 0 Å².